The van der Waals surface area contributed by atoms with E-state index in [1.54, 1.807) is 38.1 Å². The van der Waals surface area contributed by atoms with E-state index in [4.69, 9.17) is 42.1 Å². The molecule has 0 aliphatic heterocycles. The Hall–Kier alpha value is -7.42. The number of halogens is 4. The third-order valence-corrected chi connectivity index (χ3v) is 12.1. The van der Waals surface area contributed by atoms with Crippen LogP contribution in [0.2, 0.25) is 10.0 Å². The van der Waals surface area contributed by atoms with Crippen molar-refractivity contribution in [2.24, 2.45) is 0 Å². The lowest BCUT2D eigenvalue weighted by molar-refractivity contribution is -0.140. The number of hydrogen-bond donors (Lipinski definition) is 6. The molecule has 6 rings (SSSR count). The highest BCUT2D eigenvalue weighted by molar-refractivity contribution is 6.32. The first-order chi connectivity index (χ1) is 34.6. The van der Waals surface area contributed by atoms with Crippen LogP contribution < -0.4 is 29.6 Å². The number of hydrogen-bond acceptors (Lipinski definition) is 14. The van der Waals surface area contributed by atoms with Crippen LogP contribution in [0.5, 0.6) is 23.0 Å². The van der Waals surface area contributed by atoms with E-state index in [9.17, 15) is 40.5 Å². The lowest BCUT2D eigenvalue weighted by atomic mass is 9.91. The molecule has 0 aliphatic carbocycles. The van der Waals surface area contributed by atoms with Crippen LogP contribution in [-0.2, 0) is 49.1 Å². The molecule has 374 valence electrons. The molecule has 0 aliphatic rings. The number of aliphatic hydroxyl groups is 2. The van der Waals surface area contributed by atoms with Crippen LogP contribution in [-0.4, -0.2) is 67.6 Å². The second-order valence-corrected chi connectivity index (χ2v) is 17.1. The Morgan fingerprint density at radius 2 is 1.00 bits per heavy atom. The van der Waals surface area contributed by atoms with Gasteiger partial charge in [0.15, 0.2) is 0 Å². The Morgan fingerprint density at radius 3 is 1.36 bits per heavy atom. The number of benzene rings is 4. The molecule has 6 N–H and O–H groups in total. The van der Waals surface area contributed by atoms with E-state index >= 15 is 8.78 Å². The van der Waals surface area contributed by atoms with Crippen molar-refractivity contribution in [3.05, 3.63) is 163 Å². The number of carboxylic acids is 2. The maximum atomic E-state index is 15.8. The molecule has 6 aromatic rings. The van der Waals surface area contributed by atoms with Crippen molar-refractivity contribution in [2.75, 3.05) is 13.2 Å². The van der Waals surface area contributed by atoms with Gasteiger partial charge in [0.25, 0.3) is 0 Å². The number of pyridine rings is 2. The molecule has 2 aromatic heterocycles. The summed E-state index contributed by atoms with van der Waals surface area (Å²) in [6.45, 7) is 1.91. The number of aliphatic carboxylic acids is 2. The van der Waals surface area contributed by atoms with Gasteiger partial charge in [0.05, 0.1) is 21.2 Å². The summed E-state index contributed by atoms with van der Waals surface area (Å²) in [6, 6.07) is 16.8. The Kier molecular flexibility index (Phi) is 19.2. The SMILES string of the molecule is Cc1c(-c2ccc(F)c(COc3cc(OCc4cncc(C#N)c4)c(CNC(CCO)C(=O)O)cc3Cl)c2C)ccc(F)c1COc1cc(OCc2cncc(C#N)c2)c(CNC(CCO)C(=O)O)cc1Cl. The van der Waals surface area contributed by atoms with Gasteiger partial charge in [-0.05, 0) is 85.3 Å². The summed E-state index contributed by atoms with van der Waals surface area (Å²) in [6.07, 6.45) is 5.73. The number of nitriles is 2. The highest BCUT2D eigenvalue weighted by Gasteiger charge is 2.23. The first-order valence-corrected chi connectivity index (χ1v) is 22.9. The number of nitrogens with zero attached hydrogens (tertiary/aromatic N) is 4. The second kappa shape index (κ2) is 25.6. The molecule has 2 heterocycles. The van der Waals surface area contributed by atoms with E-state index in [0.717, 1.165) is 0 Å². The topological polar surface area (TPSA) is 249 Å². The van der Waals surface area contributed by atoms with Gasteiger partial charge in [-0.25, -0.2) is 8.78 Å². The molecule has 0 radical (unpaired) electrons. The maximum absolute atomic E-state index is 15.8. The number of aromatic nitrogens is 2. The molecule has 72 heavy (non-hydrogen) atoms. The third-order valence-electron chi connectivity index (χ3n) is 11.5. The normalized spacial score (nSPS) is 11.8. The van der Waals surface area contributed by atoms with Crippen molar-refractivity contribution in [2.45, 2.75) is 78.3 Å². The first-order valence-electron chi connectivity index (χ1n) is 22.2. The fourth-order valence-corrected chi connectivity index (χ4v) is 8.01. The molecule has 0 amide bonds. The summed E-state index contributed by atoms with van der Waals surface area (Å²) < 4.78 is 56.0. The van der Waals surface area contributed by atoms with E-state index in [1.807, 2.05) is 12.1 Å². The van der Waals surface area contributed by atoms with Crippen LogP contribution in [0.3, 0.4) is 0 Å². The molecule has 0 bridgehead atoms. The zero-order valence-electron chi connectivity index (χ0n) is 38.8. The van der Waals surface area contributed by atoms with Crippen molar-refractivity contribution in [1.82, 2.24) is 20.6 Å². The molecule has 2 atom stereocenters. The minimum absolute atomic E-state index is 0.0309. The van der Waals surface area contributed by atoms with Gasteiger partial charge in [0.2, 0.25) is 0 Å². The number of rotatable bonds is 25. The Balaban J connectivity index is 1.25. The monoisotopic (exact) mass is 1020 g/mol. The molecule has 2 unspecified atom stereocenters. The Morgan fingerprint density at radius 1 is 0.611 bits per heavy atom. The summed E-state index contributed by atoms with van der Waals surface area (Å²) in [5.74, 6) is -2.82. The fourth-order valence-electron chi connectivity index (χ4n) is 7.53. The molecule has 16 nitrogen and oxygen atoms in total. The minimum atomic E-state index is -1.17. The van der Waals surface area contributed by atoms with E-state index < -0.39 is 35.7 Å². The average Bonchev–Trinajstić information content (AvgIpc) is 3.36. The van der Waals surface area contributed by atoms with Crippen LogP contribution >= 0.6 is 23.2 Å². The lowest BCUT2D eigenvalue weighted by Crippen LogP contribution is -2.37. The Bertz CT molecular complexity index is 2820. The van der Waals surface area contributed by atoms with Gasteiger partial charge in [0.1, 0.15) is 85.3 Å². The second-order valence-electron chi connectivity index (χ2n) is 16.3. The quantitative estimate of drug-likeness (QED) is 0.0316. The zero-order valence-corrected chi connectivity index (χ0v) is 40.4. The van der Waals surface area contributed by atoms with Crippen LogP contribution in [0.15, 0.2) is 85.5 Å². The summed E-state index contributed by atoms with van der Waals surface area (Å²) in [5.41, 5.74) is 5.08. The number of nitrogens with one attached hydrogen (secondary N) is 2. The highest BCUT2D eigenvalue weighted by atomic mass is 35.5. The predicted octanol–water partition coefficient (Wildman–Crippen LogP) is 8.26. The van der Waals surface area contributed by atoms with E-state index in [-0.39, 0.29) is 110 Å². The largest absolute Gasteiger partial charge is 0.488 e. The van der Waals surface area contributed by atoms with Crippen molar-refractivity contribution in [1.29, 1.82) is 10.5 Å². The molecule has 20 heteroatoms. The van der Waals surface area contributed by atoms with Crippen LogP contribution in [0.4, 0.5) is 8.78 Å². The van der Waals surface area contributed by atoms with Crippen molar-refractivity contribution in [3.8, 4) is 46.3 Å². The van der Waals surface area contributed by atoms with Crippen LogP contribution in [0.25, 0.3) is 11.1 Å². The van der Waals surface area contributed by atoms with Crippen molar-refractivity contribution >= 4 is 35.1 Å². The number of aliphatic hydroxyl groups excluding tert-OH is 2. The van der Waals surface area contributed by atoms with E-state index in [0.29, 0.717) is 55.6 Å². The average molecular weight is 1030 g/mol. The van der Waals surface area contributed by atoms with Gasteiger partial charge in [0, 0.05) is 96.6 Å². The molecule has 0 saturated carbocycles. The van der Waals surface area contributed by atoms with Gasteiger partial charge >= 0.3 is 11.9 Å². The zero-order chi connectivity index (χ0) is 51.9. The molecular weight excluding hydrogens is 978 g/mol. The molecule has 4 aromatic carbocycles. The summed E-state index contributed by atoms with van der Waals surface area (Å²) >= 11 is 13.4. The predicted molar refractivity (Wildman–Crippen MR) is 259 cm³/mol. The lowest BCUT2D eigenvalue weighted by Gasteiger charge is -2.20. The Labute approximate surface area is 423 Å². The van der Waals surface area contributed by atoms with Crippen molar-refractivity contribution < 1.29 is 57.7 Å². The standard InChI is InChI=1S/C52H48Cl2F2N6O10/c1-29-37(3-5-43(55)39(29)27-71-49-15-47(69-25-33-11-31(17-57)19-59-21-33)35(13-41(49)53)23-61-45(7-9-63)51(65)66)38-4-6-44(56)40(30(38)2)28-72-50-16-48(70-26-34-12-32(18-58)20-60-22-34)36(14-42(50)54)24-62-46(8-10-64)52(67)68/h3-6,11-16,19-22,45-46,61-64H,7-10,23-28H2,1-2H3,(H,65,66)(H,67,68). The fraction of sp³-hybridized carbons (Fsp3) is 0.269. The van der Waals surface area contributed by atoms with Gasteiger partial charge in [-0.15, -0.1) is 0 Å². The van der Waals surface area contributed by atoms with Gasteiger partial charge < -0.3 is 50.0 Å². The number of carboxylic acid groups (broad SMARTS) is 2. The third kappa shape index (κ3) is 13.9. The number of carbonyl (C=O) groups is 2. The van der Waals surface area contributed by atoms with E-state index in [2.05, 4.69) is 20.6 Å². The highest BCUT2D eigenvalue weighted by Crippen LogP contribution is 2.38. The van der Waals surface area contributed by atoms with Crippen LogP contribution in [0.1, 0.15) is 68.5 Å². The first kappa shape index (κ1) is 53.9. The maximum Gasteiger partial charge on any atom is 0.320 e. The van der Waals surface area contributed by atoms with Crippen molar-refractivity contribution in [3.63, 3.8) is 0 Å². The van der Waals surface area contributed by atoms with Crippen LogP contribution in [0, 0.1) is 48.1 Å². The molecule has 0 saturated heterocycles. The van der Waals surface area contributed by atoms with E-state index in [1.165, 1.54) is 61.2 Å². The van der Waals surface area contributed by atoms with Gasteiger partial charge in [-0.1, -0.05) is 35.3 Å². The summed E-state index contributed by atoms with van der Waals surface area (Å²) in [4.78, 5) is 31.7. The minimum Gasteiger partial charge on any atom is -0.488 e. The van der Waals surface area contributed by atoms with Gasteiger partial charge in [-0.3, -0.25) is 19.6 Å². The molecular formula is C52H48Cl2F2N6O10. The molecule has 0 fully saturated rings. The summed E-state index contributed by atoms with van der Waals surface area (Å²) in [7, 11) is 0. The molecule has 0 spiro atoms. The smallest absolute Gasteiger partial charge is 0.320 e. The summed E-state index contributed by atoms with van der Waals surface area (Å²) in [5, 5.41) is 62.7. The van der Waals surface area contributed by atoms with Gasteiger partial charge in [-0.2, -0.15) is 10.5 Å². The number of ether oxygens (including phenoxy) is 4.